The third-order valence-corrected chi connectivity index (χ3v) is 7.80. The zero-order chi connectivity index (χ0) is 31.2. The molecule has 44 heavy (non-hydrogen) atoms. The minimum Gasteiger partial charge on any atom is -0.485 e. The van der Waals surface area contributed by atoms with E-state index in [0.717, 1.165) is 10.8 Å². The van der Waals surface area contributed by atoms with Crippen LogP contribution in [0.15, 0.2) is 91.0 Å². The second-order valence-corrected chi connectivity index (χ2v) is 11.1. The first-order chi connectivity index (χ1) is 21.2. The van der Waals surface area contributed by atoms with Gasteiger partial charge in [0.25, 0.3) is 5.91 Å². The van der Waals surface area contributed by atoms with Crippen molar-refractivity contribution in [2.24, 2.45) is 5.92 Å². The van der Waals surface area contributed by atoms with Gasteiger partial charge in [0.1, 0.15) is 6.10 Å². The van der Waals surface area contributed by atoms with Gasteiger partial charge in [-0.25, -0.2) is 9.59 Å². The molecule has 0 radical (unpaired) electrons. The number of aliphatic hydroxyl groups excluding tert-OH is 1. The molecule has 0 unspecified atom stereocenters. The van der Waals surface area contributed by atoms with Crippen LogP contribution >= 0.6 is 0 Å². The molecule has 4 aromatic rings. The molecule has 0 bridgehead atoms. The minimum absolute atomic E-state index is 0.200. The number of aliphatic hydroxyl groups is 1. The number of rotatable bonds is 7. The molecule has 0 saturated heterocycles. The number of fused-ring (bicyclic) bond motifs is 2. The van der Waals surface area contributed by atoms with Crippen LogP contribution in [0.1, 0.15) is 24.2 Å². The number of anilines is 3. The first kappa shape index (κ1) is 30.4. The van der Waals surface area contributed by atoms with Crippen LogP contribution in [-0.2, 0) is 0 Å². The fraction of sp³-hybridized carbons (Fsp3) is 0.265. The zero-order valence-electron chi connectivity index (χ0n) is 25.0. The van der Waals surface area contributed by atoms with Gasteiger partial charge < -0.3 is 35.6 Å². The standard InChI is InChI=1S/C34H37N5O5/c1-22-19-39(23(2)21-40)32(41)27-16-10-18-29(37-33(42)36-28-17-9-12-24-11-7-8-15-26(24)28)31(27)44-30(22)20-38(3)34(43)35-25-13-5-4-6-14-25/h4-18,22-23,30,40H,19-21H2,1-3H3,(H,35,43)(H2,36,37,42)/t22-,23-,30+/m0/s1. The van der Waals surface area contributed by atoms with Crippen LogP contribution in [0.3, 0.4) is 0 Å². The number of nitrogens with one attached hydrogen (secondary N) is 3. The molecule has 0 spiro atoms. The smallest absolute Gasteiger partial charge is 0.323 e. The van der Waals surface area contributed by atoms with Gasteiger partial charge in [0.05, 0.1) is 36.1 Å². The summed E-state index contributed by atoms with van der Waals surface area (Å²) in [5.41, 5.74) is 1.86. The fourth-order valence-corrected chi connectivity index (χ4v) is 5.26. The second kappa shape index (κ2) is 13.5. The first-order valence-electron chi connectivity index (χ1n) is 14.6. The van der Waals surface area contributed by atoms with E-state index in [2.05, 4.69) is 16.0 Å². The van der Waals surface area contributed by atoms with Crippen molar-refractivity contribution < 1.29 is 24.2 Å². The molecular formula is C34H37N5O5. The Kier molecular flexibility index (Phi) is 9.30. The number of para-hydroxylation sites is 2. The van der Waals surface area contributed by atoms with Crippen LogP contribution in [0.4, 0.5) is 26.7 Å². The summed E-state index contributed by atoms with van der Waals surface area (Å²) < 4.78 is 6.53. The molecule has 5 rings (SSSR count). The average Bonchev–Trinajstić information content (AvgIpc) is 3.03. The largest absolute Gasteiger partial charge is 0.485 e. The Morgan fingerprint density at radius 2 is 1.59 bits per heavy atom. The molecule has 1 aliphatic rings. The van der Waals surface area contributed by atoms with Crippen LogP contribution in [0.2, 0.25) is 0 Å². The molecule has 5 amide bonds. The Balaban J connectivity index is 1.43. The summed E-state index contributed by atoms with van der Waals surface area (Å²) >= 11 is 0. The summed E-state index contributed by atoms with van der Waals surface area (Å²) in [6.45, 7) is 4.00. The highest BCUT2D eigenvalue weighted by Gasteiger charge is 2.35. The molecule has 4 N–H and O–H groups in total. The van der Waals surface area contributed by atoms with Gasteiger partial charge in [0.15, 0.2) is 5.75 Å². The maximum atomic E-state index is 13.8. The van der Waals surface area contributed by atoms with Gasteiger partial charge >= 0.3 is 12.1 Å². The molecule has 4 aromatic carbocycles. The maximum Gasteiger partial charge on any atom is 0.323 e. The molecule has 0 fully saturated rings. The van der Waals surface area contributed by atoms with Crippen molar-refractivity contribution >= 4 is 45.8 Å². The molecule has 228 valence electrons. The minimum atomic E-state index is -0.550. The van der Waals surface area contributed by atoms with Crippen LogP contribution in [0.25, 0.3) is 10.8 Å². The summed E-state index contributed by atoms with van der Waals surface area (Å²) in [6.07, 6.45) is -0.550. The van der Waals surface area contributed by atoms with Gasteiger partial charge in [-0.2, -0.15) is 0 Å². The Hall–Kier alpha value is -5.09. The summed E-state index contributed by atoms with van der Waals surface area (Å²) in [5, 5.41) is 20.5. The van der Waals surface area contributed by atoms with Crippen molar-refractivity contribution in [1.82, 2.24) is 9.80 Å². The van der Waals surface area contributed by atoms with Crippen molar-refractivity contribution in [3.05, 3.63) is 96.6 Å². The number of hydrogen-bond acceptors (Lipinski definition) is 5. The first-order valence-corrected chi connectivity index (χ1v) is 14.6. The molecule has 1 aliphatic heterocycles. The van der Waals surface area contributed by atoms with Gasteiger partial charge in [-0.1, -0.05) is 67.6 Å². The number of carbonyl (C=O) groups is 3. The lowest BCUT2D eigenvalue weighted by Crippen LogP contribution is -2.50. The van der Waals surface area contributed by atoms with Gasteiger partial charge in [-0.3, -0.25) is 4.79 Å². The van der Waals surface area contributed by atoms with E-state index in [4.69, 9.17) is 4.74 Å². The van der Waals surface area contributed by atoms with Crippen LogP contribution in [0.5, 0.6) is 5.75 Å². The quantitative estimate of drug-likeness (QED) is 0.213. The van der Waals surface area contributed by atoms with Crippen LogP contribution in [0, 0.1) is 5.92 Å². The number of benzene rings is 4. The van der Waals surface area contributed by atoms with E-state index in [1.807, 2.05) is 67.6 Å². The van der Waals surface area contributed by atoms with Crippen molar-refractivity contribution in [3.63, 3.8) is 0 Å². The lowest BCUT2D eigenvalue weighted by molar-refractivity contribution is 0.0373. The van der Waals surface area contributed by atoms with E-state index in [1.54, 1.807) is 49.2 Å². The number of carbonyl (C=O) groups excluding carboxylic acids is 3. The van der Waals surface area contributed by atoms with E-state index in [1.165, 1.54) is 4.90 Å². The zero-order valence-corrected chi connectivity index (χ0v) is 25.0. The van der Waals surface area contributed by atoms with E-state index in [0.29, 0.717) is 23.6 Å². The molecule has 0 aliphatic carbocycles. The number of hydrogen-bond donors (Lipinski definition) is 4. The Bertz CT molecular complexity index is 1640. The number of nitrogens with zero attached hydrogens (tertiary/aromatic N) is 2. The van der Waals surface area contributed by atoms with E-state index >= 15 is 0 Å². The second-order valence-electron chi connectivity index (χ2n) is 11.1. The van der Waals surface area contributed by atoms with Crippen molar-refractivity contribution in [2.45, 2.75) is 26.0 Å². The lowest BCUT2D eigenvalue weighted by Gasteiger charge is -2.38. The van der Waals surface area contributed by atoms with Gasteiger partial charge in [-0.15, -0.1) is 0 Å². The van der Waals surface area contributed by atoms with Crippen molar-refractivity contribution in [1.29, 1.82) is 0 Å². The molecule has 3 atom stereocenters. The Morgan fingerprint density at radius 3 is 2.36 bits per heavy atom. The SMILES string of the molecule is C[C@H]1CN([C@@H](C)CO)C(=O)c2cccc(NC(=O)Nc3cccc4ccccc34)c2O[C@@H]1CN(C)C(=O)Nc1ccccc1. The van der Waals surface area contributed by atoms with Crippen LogP contribution in [-0.4, -0.2) is 71.8 Å². The fourth-order valence-electron chi connectivity index (χ4n) is 5.26. The molecular weight excluding hydrogens is 558 g/mol. The monoisotopic (exact) mass is 595 g/mol. The van der Waals surface area contributed by atoms with E-state index < -0.39 is 18.2 Å². The van der Waals surface area contributed by atoms with Crippen molar-refractivity contribution in [3.8, 4) is 5.75 Å². The summed E-state index contributed by atoms with van der Waals surface area (Å²) in [7, 11) is 1.68. The van der Waals surface area contributed by atoms with E-state index in [9.17, 15) is 19.5 Å². The molecule has 10 heteroatoms. The highest BCUT2D eigenvalue weighted by Crippen LogP contribution is 2.35. The summed E-state index contributed by atoms with van der Waals surface area (Å²) in [5.74, 6) is -0.347. The third kappa shape index (κ3) is 6.76. The van der Waals surface area contributed by atoms with Gasteiger partial charge in [-0.05, 0) is 42.6 Å². The molecule has 1 heterocycles. The highest BCUT2D eigenvalue weighted by atomic mass is 16.5. The average molecular weight is 596 g/mol. The Morgan fingerprint density at radius 1 is 0.932 bits per heavy atom. The lowest BCUT2D eigenvalue weighted by atomic mass is 9.99. The van der Waals surface area contributed by atoms with Crippen LogP contribution < -0.4 is 20.7 Å². The normalized spacial score (nSPS) is 17.0. The number of urea groups is 2. The predicted molar refractivity (Wildman–Crippen MR) is 172 cm³/mol. The number of likely N-dealkylation sites (N-methyl/N-ethyl adjacent to an activating group) is 1. The Labute approximate surface area is 256 Å². The molecule has 0 aromatic heterocycles. The highest BCUT2D eigenvalue weighted by molar-refractivity contribution is 6.08. The maximum absolute atomic E-state index is 13.8. The van der Waals surface area contributed by atoms with Crippen molar-refractivity contribution in [2.75, 3.05) is 42.7 Å². The van der Waals surface area contributed by atoms with Gasteiger partial charge in [0.2, 0.25) is 0 Å². The topological polar surface area (TPSA) is 123 Å². The summed E-state index contributed by atoms with van der Waals surface area (Å²) in [6, 6.07) is 26.3. The predicted octanol–water partition coefficient (Wildman–Crippen LogP) is 5.87. The number of amides is 5. The van der Waals surface area contributed by atoms with E-state index in [-0.39, 0.29) is 42.3 Å². The number of ether oxygens (including phenoxy) is 1. The summed E-state index contributed by atoms with van der Waals surface area (Å²) in [4.78, 5) is 43.2. The molecule has 10 nitrogen and oxygen atoms in total. The molecule has 0 saturated carbocycles. The third-order valence-electron chi connectivity index (χ3n) is 7.80. The van der Waals surface area contributed by atoms with Gasteiger partial charge in [0, 0.05) is 30.6 Å².